The third kappa shape index (κ3) is 6.01. The van der Waals surface area contributed by atoms with E-state index < -0.39 is 5.60 Å². The van der Waals surface area contributed by atoms with Gasteiger partial charge in [0.25, 0.3) is 0 Å². The Morgan fingerprint density at radius 1 is 1.17 bits per heavy atom. The molecule has 0 unspecified atom stereocenters. The van der Waals surface area contributed by atoms with Crippen LogP contribution in [0.2, 0.25) is 5.02 Å². The van der Waals surface area contributed by atoms with Gasteiger partial charge in [-0.1, -0.05) is 29.8 Å². The maximum absolute atomic E-state index is 12.6. The van der Waals surface area contributed by atoms with Crippen LogP contribution in [0.5, 0.6) is 0 Å². The molecule has 0 bridgehead atoms. The first-order valence-electron chi connectivity index (χ1n) is 10.1. The number of hydrogen-bond acceptors (Lipinski definition) is 3. The predicted octanol–water partition coefficient (Wildman–Crippen LogP) is 7.15. The number of rotatable bonds is 3. The highest BCUT2D eigenvalue weighted by Gasteiger charge is 2.26. The lowest BCUT2D eigenvalue weighted by atomic mass is 10.0. The zero-order valence-corrected chi connectivity index (χ0v) is 18.3. The Hall–Kier alpha value is -2.46. The second-order valence-corrected chi connectivity index (χ2v) is 8.87. The molecule has 1 aliphatic rings. The molecule has 4 nitrogen and oxygen atoms in total. The van der Waals surface area contributed by atoms with Crippen LogP contribution in [0, 0.1) is 6.92 Å². The van der Waals surface area contributed by atoms with Crippen LogP contribution in [-0.4, -0.2) is 23.1 Å². The normalized spacial score (nSPS) is 16.0. The minimum atomic E-state index is -0.503. The first-order chi connectivity index (χ1) is 13.7. The zero-order chi connectivity index (χ0) is 21.0. The van der Waals surface area contributed by atoms with E-state index in [1.807, 2.05) is 64.1 Å². The molecule has 1 fully saturated rings. The van der Waals surface area contributed by atoms with E-state index in [0.29, 0.717) is 11.6 Å². The highest BCUT2D eigenvalue weighted by Crippen LogP contribution is 2.29. The Labute approximate surface area is 178 Å². The standard InChI is InChI=1S/C24H29ClN2O2/c1-17-11-12-22(21(25)14-17)26-19-9-7-8-18(15-19)16-20-10-5-6-13-27(20)23(28)29-24(2,3)4/h7-9,11-12,14-16,26H,5-6,10,13H2,1-4H3. The molecule has 5 heteroatoms. The van der Waals surface area contributed by atoms with E-state index in [1.54, 1.807) is 4.90 Å². The minimum absolute atomic E-state index is 0.274. The number of benzene rings is 2. The molecular weight excluding hydrogens is 384 g/mol. The van der Waals surface area contributed by atoms with Crippen LogP contribution in [0.15, 0.2) is 48.2 Å². The van der Waals surface area contributed by atoms with E-state index in [-0.39, 0.29) is 6.09 Å². The number of nitrogens with zero attached hydrogens (tertiary/aromatic N) is 1. The van der Waals surface area contributed by atoms with E-state index in [4.69, 9.17) is 16.3 Å². The summed E-state index contributed by atoms with van der Waals surface area (Å²) in [6.07, 6.45) is 4.72. The predicted molar refractivity (Wildman–Crippen MR) is 121 cm³/mol. The summed E-state index contributed by atoms with van der Waals surface area (Å²) in [7, 11) is 0. The summed E-state index contributed by atoms with van der Waals surface area (Å²) in [5, 5.41) is 4.07. The lowest BCUT2D eigenvalue weighted by molar-refractivity contribution is 0.0289. The summed E-state index contributed by atoms with van der Waals surface area (Å²) >= 11 is 6.35. The molecule has 1 N–H and O–H groups in total. The molecule has 0 aliphatic carbocycles. The average Bonchev–Trinajstić information content (AvgIpc) is 2.63. The van der Waals surface area contributed by atoms with Crippen LogP contribution < -0.4 is 5.32 Å². The summed E-state index contributed by atoms with van der Waals surface area (Å²) in [5.41, 5.74) is 4.47. The first kappa shape index (κ1) is 21.3. The molecule has 1 heterocycles. The van der Waals surface area contributed by atoms with Crippen molar-refractivity contribution in [2.75, 3.05) is 11.9 Å². The SMILES string of the molecule is Cc1ccc(Nc2cccc(C=C3CCCCN3C(=O)OC(C)(C)C)c2)c(Cl)c1. The van der Waals surface area contributed by atoms with Crippen LogP contribution in [0.1, 0.15) is 51.2 Å². The summed E-state index contributed by atoms with van der Waals surface area (Å²) in [5.74, 6) is 0. The van der Waals surface area contributed by atoms with Crippen molar-refractivity contribution in [1.82, 2.24) is 4.90 Å². The van der Waals surface area contributed by atoms with Gasteiger partial charge < -0.3 is 10.1 Å². The monoisotopic (exact) mass is 412 g/mol. The fourth-order valence-corrected chi connectivity index (χ4v) is 3.59. The molecular formula is C24H29ClN2O2. The van der Waals surface area contributed by atoms with Gasteiger partial charge in [-0.3, -0.25) is 4.90 Å². The fraction of sp³-hybridized carbons (Fsp3) is 0.375. The number of hydrogen-bond donors (Lipinski definition) is 1. The van der Waals surface area contributed by atoms with E-state index in [0.717, 1.165) is 47.5 Å². The van der Waals surface area contributed by atoms with Crippen LogP contribution in [0.25, 0.3) is 6.08 Å². The Bertz CT molecular complexity index is 915. The molecule has 1 aliphatic heterocycles. The van der Waals surface area contributed by atoms with Gasteiger partial charge in [0.2, 0.25) is 0 Å². The number of aryl methyl sites for hydroxylation is 1. The molecule has 154 valence electrons. The number of piperidine rings is 1. The molecule has 0 radical (unpaired) electrons. The fourth-order valence-electron chi connectivity index (χ4n) is 3.31. The first-order valence-corrected chi connectivity index (χ1v) is 10.4. The van der Waals surface area contributed by atoms with Crippen molar-refractivity contribution < 1.29 is 9.53 Å². The van der Waals surface area contributed by atoms with Crippen LogP contribution in [-0.2, 0) is 4.74 Å². The molecule has 0 saturated carbocycles. The van der Waals surface area contributed by atoms with Gasteiger partial charge in [-0.25, -0.2) is 4.79 Å². The average molecular weight is 413 g/mol. The number of ether oxygens (including phenoxy) is 1. The number of allylic oxidation sites excluding steroid dienone is 1. The summed E-state index contributed by atoms with van der Waals surface area (Å²) < 4.78 is 5.59. The van der Waals surface area contributed by atoms with Gasteiger partial charge in [0.1, 0.15) is 5.60 Å². The minimum Gasteiger partial charge on any atom is -0.443 e. The molecule has 3 rings (SSSR count). The number of likely N-dealkylation sites (tertiary alicyclic amines) is 1. The smallest absolute Gasteiger partial charge is 0.414 e. The zero-order valence-electron chi connectivity index (χ0n) is 17.6. The van der Waals surface area contributed by atoms with E-state index in [1.165, 1.54) is 0 Å². The van der Waals surface area contributed by atoms with E-state index >= 15 is 0 Å². The van der Waals surface area contributed by atoms with Crippen molar-refractivity contribution in [3.05, 3.63) is 64.3 Å². The largest absolute Gasteiger partial charge is 0.443 e. The molecule has 0 atom stereocenters. The molecule has 2 aromatic rings. The van der Waals surface area contributed by atoms with Crippen molar-refractivity contribution in [3.63, 3.8) is 0 Å². The van der Waals surface area contributed by atoms with Gasteiger partial charge >= 0.3 is 6.09 Å². The number of carbonyl (C=O) groups excluding carboxylic acids is 1. The molecule has 29 heavy (non-hydrogen) atoms. The summed E-state index contributed by atoms with van der Waals surface area (Å²) in [6.45, 7) is 8.39. The Morgan fingerprint density at radius 2 is 1.97 bits per heavy atom. The number of amides is 1. The highest BCUT2D eigenvalue weighted by molar-refractivity contribution is 6.33. The second kappa shape index (κ2) is 8.91. The maximum Gasteiger partial charge on any atom is 0.414 e. The number of halogens is 1. The maximum atomic E-state index is 12.6. The quantitative estimate of drug-likeness (QED) is 0.581. The topological polar surface area (TPSA) is 41.6 Å². The number of carbonyl (C=O) groups is 1. The Kier molecular flexibility index (Phi) is 6.53. The third-order valence-corrected chi connectivity index (χ3v) is 4.96. The van der Waals surface area contributed by atoms with Gasteiger partial charge in [0.05, 0.1) is 10.7 Å². The van der Waals surface area contributed by atoms with Crippen LogP contribution in [0.4, 0.5) is 16.2 Å². The molecule has 0 spiro atoms. The lowest BCUT2D eigenvalue weighted by Gasteiger charge is -2.32. The number of nitrogens with one attached hydrogen (secondary N) is 1. The van der Waals surface area contributed by atoms with Gasteiger partial charge in [0.15, 0.2) is 0 Å². The van der Waals surface area contributed by atoms with Crippen molar-refractivity contribution in [1.29, 1.82) is 0 Å². The van der Waals surface area contributed by atoms with Crippen molar-refractivity contribution in [2.24, 2.45) is 0 Å². The number of anilines is 2. The van der Waals surface area contributed by atoms with Gasteiger partial charge in [-0.15, -0.1) is 0 Å². The summed E-state index contributed by atoms with van der Waals surface area (Å²) in [4.78, 5) is 14.4. The Balaban J connectivity index is 1.81. The highest BCUT2D eigenvalue weighted by atomic mass is 35.5. The lowest BCUT2D eigenvalue weighted by Crippen LogP contribution is -2.38. The van der Waals surface area contributed by atoms with Gasteiger partial charge in [-0.05, 0) is 88.4 Å². The van der Waals surface area contributed by atoms with E-state index in [2.05, 4.69) is 17.5 Å². The van der Waals surface area contributed by atoms with Crippen LogP contribution in [0.3, 0.4) is 0 Å². The van der Waals surface area contributed by atoms with Crippen LogP contribution >= 0.6 is 11.6 Å². The van der Waals surface area contributed by atoms with Crippen molar-refractivity contribution >= 4 is 35.1 Å². The van der Waals surface area contributed by atoms with E-state index in [9.17, 15) is 4.79 Å². The molecule has 1 saturated heterocycles. The van der Waals surface area contributed by atoms with Gasteiger partial charge in [0, 0.05) is 17.9 Å². The third-order valence-electron chi connectivity index (χ3n) is 4.65. The second-order valence-electron chi connectivity index (χ2n) is 8.46. The molecule has 2 aromatic carbocycles. The van der Waals surface area contributed by atoms with Crippen molar-refractivity contribution in [2.45, 2.75) is 52.6 Å². The van der Waals surface area contributed by atoms with Gasteiger partial charge in [-0.2, -0.15) is 0 Å². The molecule has 1 amide bonds. The Morgan fingerprint density at radius 3 is 2.69 bits per heavy atom. The molecule has 0 aromatic heterocycles. The van der Waals surface area contributed by atoms with Crippen molar-refractivity contribution in [3.8, 4) is 0 Å². The summed E-state index contributed by atoms with van der Waals surface area (Å²) in [6, 6.07) is 14.1.